The van der Waals surface area contributed by atoms with Crippen LogP contribution in [-0.4, -0.2) is 68.7 Å². The van der Waals surface area contributed by atoms with E-state index in [-0.39, 0.29) is 29.7 Å². The highest BCUT2D eigenvalue weighted by Crippen LogP contribution is 2.12. The maximum absolute atomic E-state index is 12.2. The summed E-state index contributed by atoms with van der Waals surface area (Å²) < 4.78 is 25.9. The number of hydrogen-bond donors (Lipinski definition) is 2. The first-order valence-corrected chi connectivity index (χ1v) is 9.94. The number of nitrogens with zero attached hydrogens (tertiary/aromatic N) is 2. The number of thioether (sulfide) groups is 1. The Kier molecular flexibility index (Phi) is 11.9. The average Bonchev–Trinajstić information content (AvgIpc) is 2.45. The predicted molar refractivity (Wildman–Crippen MR) is 102 cm³/mol. The molecule has 1 aliphatic heterocycles. The van der Waals surface area contributed by atoms with Gasteiger partial charge in [0.25, 0.3) is 0 Å². The number of rotatable bonds is 7. The van der Waals surface area contributed by atoms with Crippen LogP contribution in [-0.2, 0) is 10.0 Å². The first-order chi connectivity index (χ1) is 9.60. The fourth-order valence-corrected chi connectivity index (χ4v) is 4.31. The van der Waals surface area contributed by atoms with Gasteiger partial charge in [0.15, 0.2) is 5.96 Å². The van der Waals surface area contributed by atoms with E-state index in [2.05, 4.69) is 22.5 Å². The third-order valence-corrected chi connectivity index (χ3v) is 5.67. The van der Waals surface area contributed by atoms with Crippen LogP contribution in [0.4, 0.5) is 0 Å². The monoisotopic (exact) mass is 450 g/mol. The van der Waals surface area contributed by atoms with Gasteiger partial charge in [-0.2, -0.15) is 11.8 Å². The van der Waals surface area contributed by atoms with Crippen LogP contribution in [0, 0.1) is 0 Å². The first-order valence-electron chi connectivity index (χ1n) is 7.18. The number of hydrogen-bond acceptors (Lipinski definition) is 4. The third kappa shape index (κ3) is 8.46. The van der Waals surface area contributed by atoms with Crippen molar-refractivity contribution in [2.75, 3.05) is 50.0 Å². The molecule has 0 bridgehead atoms. The van der Waals surface area contributed by atoms with Crippen LogP contribution >= 0.6 is 35.7 Å². The fourth-order valence-electron chi connectivity index (χ4n) is 1.82. The normalized spacial score (nSPS) is 17.1. The highest BCUT2D eigenvalue weighted by Gasteiger charge is 2.23. The molecule has 0 spiro atoms. The van der Waals surface area contributed by atoms with E-state index in [9.17, 15) is 8.42 Å². The van der Waals surface area contributed by atoms with Crippen LogP contribution in [0.15, 0.2) is 4.99 Å². The van der Waals surface area contributed by atoms with Crippen molar-refractivity contribution < 1.29 is 8.42 Å². The summed E-state index contributed by atoms with van der Waals surface area (Å²) >= 11 is 1.81. The minimum atomic E-state index is -3.14. The lowest BCUT2D eigenvalue weighted by Gasteiger charge is -2.25. The van der Waals surface area contributed by atoms with Gasteiger partial charge >= 0.3 is 0 Å². The molecule has 2 N–H and O–H groups in total. The van der Waals surface area contributed by atoms with Gasteiger partial charge in [-0.3, -0.25) is 4.99 Å². The Balaban J connectivity index is 0.00000400. The summed E-state index contributed by atoms with van der Waals surface area (Å²) in [6.45, 7) is 7.23. The van der Waals surface area contributed by atoms with Crippen LogP contribution in [0.5, 0.6) is 0 Å². The van der Waals surface area contributed by atoms with Gasteiger partial charge < -0.3 is 10.6 Å². The Bertz CT molecular complexity index is 398. The number of halogens is 1. The largest absolute Gasteiger partial charge is 0.357 e. The predicted octanol–water partition coefficient (Wildman–Crippen LogP) is 0.948. The van der Waals surface area contributed by atoms with Gasteiger partial charge in [-0.05, 0) is 13.3 Å². The highest BCUT2D eigenvalue weighted by molar-refractivity contribution is 14.0. The Hall–Kier alpha value is 0.260. The van der Waals surface area contributed by atoms with Crippen molar-refractivity contribution in [2.45, 2.75) is 20.3 Å². The second-order valence-corrected chi connectivity index (χ2v) is 7.83. The van der Waals surface area contributed by atoms with Crippen molar-refractivity contribution in [2.24, 2.45) is 4.99 Å². The molecule has 9 heteroatoms. The molecule has 1 rings (SSSR count). The van der Waals surface area contributed by atoms with Crippen molar-refractivity contribution >= 4 is 51.7 Å². The van der Waals surface area contributed by atoms with Gasteiger partial charge in [0, 0.05) is 44.2 Å². The molecule has 1 fully saturated rings. The lowest BCUT2D eigenvalue weighted by atomic mass is 10.5. The molecule has 126 valence electrons. The van der Waals surface area contributed by atoms with Crippen molar-refractivity contribution in [3.63, 3.8) is 0 Å². The van der Waals surface area contributed by atoms with Gasteiger partial charge in [0.2, 0.25) is 10.0 Å². The van der Waals surface area contributed by atoms with Gasteiger partial charge in [0.05, 0.1) is 5.75 Å². The SMILES string of the molecule is CCCN=C(NCC)NCCS(=O)(=O)N1CCSCC1.I. The second kappa shape index (κ2) is 11.8. The lowest BCUT2D eigenvalue weighted by molar-refractivity contribution is 0.443. The molecule has 0 aromatic carbocycles. The van der Waals surface area contributed by atoms with Crippen molar-refractivity contribution in [3.05, 3.63) is 0 Å². The summed E-state index contributed by atoms with van der Waals surface area (Å²) in [4.78, 5) is 4.35. The van der Waals surface area contributed by atoms with Gasteiger partial charge in [-0.15, -0.1) is 24.0 Å². The summed E-state index contributed by atoms with van der Waals surface area (Å²) in [5.74, 6) is 2.60. The molecule has 0 saturated carbocycles. The zero-order valence-electron chi connectivity index (χ0n) is 12.8. The summed E-state index contributed by atoms with van der Waals surface area (Å²) in [5.41, 5.74) is 0. The zero-order valence-corrected chi connectivity index (χ0v) is 16.8. The lowest BCUT2D eigenvalue weighted by Crippen LogP contribution is -2.44. The number of guanidine groups is 1. The van der Waals surface area contributed by atoms with Crippen LogP contribution in [0.2, 0.25) is 0 Å². The molecule has 0 amide bonds. The van der Waals surface area contributed by atoms with E-state index < -0.39 is 10.0 Å². The van der Waals surface area contributed by atoms with Crippen molar-refractivity contribution in [1.29, 1.82) is 0 Å². The maximum Gasteiger partial charge on any atom is 0.215 e. The molecule has 0 aliphatic carbocycles. The third-order valence-electron chi connectivity index (χ3n) is 2.85. The van der Waals surface area contributed by atoms with Crippen LogP contribution in [0.3, 0.4) is 0 Å². The number of aliphatic imine (C=N–C) groups is 1. The number of nitrogens with one attached hydrogen (secondary N) is 2. The average molecular weight is 450 g/mol. The van der Waals surface area contributed by atoms with E-state index in [0.717, 1.165) is 31.0 Å². The molecule has 0 aromatic rings. The molecule has 0 radical (unpaired) electrons. The molecule has 0 aromatic heterocycles. The quantitative estimate of drug-likeness (QED) is 0.343. The smallest absolute Gasteiger partial charge is 0.215 e. The fraction of sp³-hybridized carbons (Fsp3) is 0.917. The Morgan fingerprint density at radius 3 is 2.48 bits per heavy atom. The molecule has 0 unspecified atom stereocenters. The van der Waals surface area contributed by atoms with E-state index >= 15 is 0 Å². The van der Waals surface area contributed by atoms with E-state index in [1.807, 2.05) is 18.7 Å². The van der Waals surface area contributed by atoms with E-state index in [1.165, 1.54) is 0 Å². The van der Waals surface area contributed by atoms with Crippen LogP contribution in [0.25, 0.3) is 0 Å². The first kappa shape index (κ1) is 21.3. The van der Waals surface area contributed by atoms with E-state index in [0.29, 0.717) is 25.6 Å². The Morgan fingerprint density at radius 2 is 1.90 bits per heavy atom. The van der Waals surface area contributed by atoms with Gasteiger partial charge in [0.1, 0.15) is 0 Å². The summed E-state index contributed by atoms with van der Waals surface area (Å²) in [6.07, 6.45) is 0.973. The highest BCUT2D eigenvalue weighted by atomic mass is 127. The maximum atomic E-state index is 12.2. The Morgan fingerprint density at radius 1 is 1.24 bits per heavy atom. The molecular formula is C12H27IN4O2S2. The van der Waals surface area contributed by atoms with Crippen molar-refractivity contribution in [3.8, 4) is 0 Å². The number of sulfonamides is 1. The van der Waals surface area contributed by atoms with Crippen LogP contribution in [0.1, 0.15) is 20.3 Å². The molecule has 21 heavy (non-hydrogen) atoms. The Labute approximate surface area is 150 Å². The molecule has 0 atom stereocenters. The topological polar surface area (TPSA) is 73.8 Å². The van der Waals surface area contributed by atoms with Crippen molar-refractivity contribution in [1.82, 2.24) is 14.9 Å². The van der Waals surface area contributed by atoms with E-state index in [4.69, 9.17) is 0 Å². The molecule has 1 aliphatic rings. The minimum Gasteiger partial charge on any atom is -0.357 e. The molecule has 1 heterocycles. The minimum absolute atomic E-state index is 0. The summed E-state index contributed by atoms with van der Waals surface area (Å²) in [5, 5.41) is 6.19. The second-order valence-electron chi connectivity index (χ2n) is 4.51. The standard InChI is InChI=1S/C12H26N4O2S2.HI/c1-3-5-14-12(13-4-2)15-6-11-20(17,18)16-7-9-19-10-8-16;/h3-11H2,1-2H3,(H2,13,14,15);1H. The summed E-state index contributed by atoms with van der Waals surface area (Å²) in [6, 6.07) is 0. The zero-order chi connectivity index (χ0) is 14.8. The molecule has 6 nitrogen and oxygen atoms in total. The van der Waals surface area contributed by atoms with E-state index in [1.54, 1.807) is 4.31 Å². The van der Waals surface area contributed by atoms with Gasteiger partial charge in [-0.1, -0.05) is 6.92 Å². The molecule has 1 saturated heterocycles. The summed E-state index contributed by atoms with van der Waals surface area (Å²) in [7, 11) is -3.14. The molecular weight excluding hydrogens is 423 g/mol. The van der Waals surface area contributed by atoms with Crippen LogP contribution < -0.4 is 10.6 Å². The van der Waals surface area contributed by atoms with Gasteiger partial charge in [-0.25, -0.2) is 12.7 Å².